The monoisotopic (exact) mass is 604 g/mol. The fourth-order valence-corrected chi connectivity index (χ4v) is 14.3. The first-order valence-corrected chi connectivity index (χ1v) is 19.2. The number of benzene rings is 2. The molecule has 0 aliphatic rings. The third kappa shape index (κ3) is 13.2. The molecule has 2 aromatic rings. The zero-order valence-corrected chi connectivity index (χ0v) is 23.7. The van der Waals surface area contributed by atoms with Crippen LogP contribution < -0.4 is 13.4 Å². The first-order valence-electron chi connectivity index (χ1n) is 10.5. The van der Waals surface area contributed by atoms with E-state index in [9.17, 15) is 0 Å². The van der Waals surface area contributed by atoms with Crippen LogP contribution in [0.2, 0.25) is 13.3 Å². The molecule has 0 aromatic heterocycles. The molecule has 2 radical (unpaired) electrons. The van der Waals surface area contributed by atoms with E-state index in [0.29, 0.717) is 15.0 Å². The molecule has 2 aromatic carbocycles. The van der Waals surface area contributed by atoms with Gasteiger partial charge in [0, 0.05) is 0 Å². The molecule has 0 aliphatic heterocycles. The molecule has 0 amide bonds. The molecule has 27 heavy (non-hydrogen) atoms. The van der Waals surface area contributed by atoms with E-state index < -0.39 is 19.8 Å². The van der Waals surface area contributed by atoms with Crippen molar-refractivity contribution in [2.45, 2.75) is 72.6 Å². The average Bonchev–Trinajstić information content (AvgIpc) is 2.70. The molecule has 3 heteroatoms. The summed E-state index contributed by atoms with van der Waals surface area (Å²) in [7, 11) is 0. The van der Waals surface area contributed by atoms with Crippen LogP contribution in [0.4, 0.5) is 0 Å². The number of hydrogen-bond acceptors (Lipinski definition) is 0. The molecule has 0 nitrogen and oxygen atoms in total. The van der Waals surface area contributed by atoms with E-state index in [2.05, 4.69) is 91.4 Å². The van der Waals surface area contributed by atoms with Crippen LogP contribution >= 0.6 is 0 Å². The van der Waals surface area contributed by atoms with Gasteiger partial charge in [0.25, 0.3) is 0 Å². The second kappa shape index (κ2) is 17.2. The molecule has 0 saturated carbocycles. The third-order valence-electron chi connectivity index (χ3n) is 4.45. The maximum absolute atomic E-state index is 3.00. The Morgan fingerprint density at radius 2 is 1.11 bits per heavy atom. The van der Waals surface area contributed by atoms with Crippen molar-refractivity contribution in [1.29, 1.82) is 0 Å². The van der Waals surface area contributed by atoms with Crippen LogP contribution in [-0.4, -0.2) is 50.7 Å². The van der Waals surface area contributed by atoms with Gasteiger partial charge >= 0.3 is 191 Å². The van der Waals surface area contributed by atoms with E-state index in [1.165, 1.54) is 51.9 Å². The van der Waals surface area contributed by atoms with Crippen molar-refractivity contribution in [1.82, 2.24) is 0 Å². The first kappa shape index (κ1) is 25.3. The van der Waals surface area contributed by atoms with Crippen molar-refractivity contribution in [3.8, 4) is 0 Å². The molecule has 0 spiro atoms. The minimum absolute atomic E-state index is 0.439. The van der Waals surface area contributed by atoms with Crippen LogP contribution in [-0.2, 0) is 0 Å². The first-order chi connectivity index (χ1) is 13.2. The van der Waals surface area contributed by atoms with Gasteiger partial charge in [-0.05, 0) is 0 Å². The molecule has 0 aliphatic carbocycles. The maximum atomic E-state index is 3.00. The summed E-state index contributed by atoms with van der Waals surface area (Å²) in [5, 5.41) is 0. The Kier molecular flexibility index (Phi) is 16.1. The van der Waals surface area contributed by atoms with Gasteiger partial charge in [-0.25, -0.2) is 0 Å². The Labute approximate surface area is 190 Å². The molecular formula is C24H36Se2Sn. The normalized spacial score (nSPS) is 10.5. The van der Waals surface area contributed by atoms with Crippen LogP contribution in [0.3, 0.4) is 0 Å². The second-order valence-electron chi connectivity index (χ2n) is 6.95. The van der Waals surface area contributed by atoms with E-state index in [1.807, 2.05) is 0 Å². The molecule has 148 valence electrons. The fraction of sp³-hybridized carbons (Fsp3) is 0.500. The van der Waals surface area contributed by atoms with Crippen molar-refractivity contribution in [3.05, 3.63) is 54.6 Å². The van der Waals surface area contributed by atoms with Gasteiger partial charge in [0.05, 0.1) is 0 Å². The van der Waals surface area contributed by atoms with Gasteiger partial charge < -0.3 is 0 Å². The zero-order chi connectivity index (χ0) is 19.7. The van der Waals surface area contributed by atoms with Gasteiger partial charge in [0.1, 0.15) is 0 Å². The molecule has 0 N–H and O–H groups in total. The predicted molar refractivity (Wildman–Crippen MR) is 128 cm³/mol. The summed E-state index contributed by atoms with van der Waals surface area (Å²) in [5.74, 6) is 0. The Morgan fingerprint density at radius 1 is 0.667 bits per heavy atom. The summed E-state index contributed by atoms with van der Waals surface area (Å²) in [6, 6.07) is 19.3. The number of hydrogen-bond donors (Lipinski definition) is 0. The summed E-state index contributed by atoms with van der Waals surface area (Å²) in [6.07, 6.45) is 8.85. The Morgan fingerprint density at radius 3 is 1.56 bits per heavy atom. The Hall–Kier alpha value is 0.278. The van der Waals surface area contributed by atoms with Gasteiger partial charge in [0.15, 0.2) is 0 Å². The molecule has 0 saturated heterocycles. The van der Waals surface area contributed by atoms with E-state index in [-0.39, 0.29) is 0 Å². The van der Waals surface area contributed by atoms with E-state index in [4.69, 9.17) is 0 Å². The quantitative estimate of drug-likeness (QED) is 0.318. The van der Waals surface area contributed by atoms with Gasteiger partial charge in [-0.15, -0.1) is 0 Å². The topological polar surface area (TPSA) is 0 Å². The molecule has 0 atom stereocenters. The zero-order valence-electron chi connectivity index (χ0n) is 17.4. The van der Waals surface area contributed by atoms with Crippen molar-refractivity contribution in [3.63, 3.8) is 0 Å². The SMILES string of the molecule is CCC[CH2][Sn]([CH2]CCC)[CH2]CCC.[Se]c1ccc([Se]c2ccccc2)cc1. The van der Waals surface area contributed by atoms with Crippen LogP contribution in [0.25, 0.3) is 0 Å². The van der Waals surface area contributed by atoms with Gasteiger partial charge in [0.2, 0.25) is 0 Å². The summed E-state index contributed by atoms with van der Waals surface area (Å²) in [5.41, 5.74) is 0. The van der Waals surface area contributed by atoms with Crippen LogP contribution in [0.1, 0.15) is 59.3 Å². The van der Waals surface area contributed by atoms with Crippen molar-refractivity contribution in [2.24, 2.45) is 0 Å². The fourth-order valence-electron chi connectivity index (χ4n) is 2.79. The predicted octanol–water partition coefficient (Wildman–Crippen LogP) is 5.02. The summed E-state index contributed by atoms with van der Waals surface area (Å²) >= 11 is 2.60. The van der Waals surface area contributed by atoms with E-state index in [0.717, 1.165) is 0 Å². The molecule has 0 fully saturated rings. The number of rotatable bonds is 11. The van der Waals surface area contributed by atoms with Crippen LogP contribution in [0.5, 0.6) is 0 Å². The summed E-state index contributed by atoms with van der Waals surface area (Å²) < 4.78 is 9.09. The van der Waals surface area contributed by atoms with Gasteiger partial charge in [-0.2, -0.15) is 0 Å². The standard InChI is InChI=1S/C12H9Se2.3C4H9.Sn/c13-10-6-8-12(9-7-10)14-11-4-2-1-3-5-11;3*1-3-4-2;/h1-9H;3*1,3-4H2,2H3;. The van der Waals surface area contributed by atoms with E-state index >= 15 is 0 Å². The number of unbranched alkanes of at least 4 members (excludes halogenated alkanes) is 3. The Balaban J connectivity index is 0.000000271. The van der Waals surface area contributed by atoms with Crippen LogP contribution in [0.15, 0.2) is 54.6 Å². The summed E-state index contributed by atoms with van der Waals surface area (Å²) in [4.78, 5) is 0. The average molecular weight is 601 g/mol. The van der Waals surface area contributed by atoms with Crippen molar-refractivity contribution >= 4 is 64.1 Å². The molecule has 2 rings (SSSR count). The van der Waals surface area contributed by atoms with Crippen LogP contribution in [0, 0.1) is 0 Å². The molecular weight excluding hydrogens is 565 g/mol. The molecule has 0 unspecified atom stereocenters. The minimum atomic E-state index is -0.839. The van der Waals surface area contributed by atoms with E-state index in [1.54, 1.807) is 13.3 Å². The molecule has 0 heterocycles. The van der Waals surface area contributed by atoms with Gasteiger partial charge in [-0.1, -0.05) is 0 Å². The molecule has 0 bridgehead atoms. The van der Waals surface area contributed by atoms with Crippen molar-refractivity contribution < 1.29 is 0 Å². The summed E-state index contributed by atoms with van der Waals surface area (Å²) in [6.45, 7) is 7.00. The Bertz CT molecular complexity index is 550. The third-order valence-corrected chi connectivity index (χ3v) is 16.2. The van der Waals surface area contributed by atoms with Crippen molar-refractivity contribution in [2.75, 3.05) is 0 Å². The second-order valence-corrected chi connectivity index (χ2v) is 18.9. The van der Waals surface area contributed by atoms with Gasteiger partial charge in [-0.3, -0.25) is 0 Å².